The Morgan fingerprint density at radius 2 is 1.82 bits per heavy atom. The van der Waals surface area contributed by atoms with Crippen LogP contribution in [-0.2, 0) is 22.9 Å². The van der Waals surface area contributed by atoms with Gasteiger partial charge in [-0.15, -0.1) is 22.7 Å². The summed E-state index contributed by atoms with van der Waals surface area (Å²) in [7, 11) is -3.64. The molecule has 1 saturated heterocycles. The van der Waals surface area contributed by atoms with E-state index in [0.717, 1.165) is 70.7 Å². The van der Waals surface area contributed by atoms with Crippen LogP contribution in [0, 0.1) is 5.92 Å². The van der Waals surface area contributed by atoms with E-state index in [1.54, 1.807) is 45.2 Å². The Morgan fingerprint density at radius 3 is 2.61 bits per heavy atom. The Balaban J connectivity index is 1.34. The van der Waals surface area contributed by atoms with Gasteiger partial charge in [0, 0.05) is 29.1 Å². The molecule has 9 heteroatoms. The maximum Gasteiger partial charge on any atom is 0.256 e. The minimum atomic E-state index is -3.64. The lowest BCUT2D eigenvalue weighted by atomic mass is 9.88. The number of amides is 1. The number of thiazole rings is 1. The summed E-state index contributed by atoms with van der Waals surface area (Å²) in [6.07, 6.45) is 6.93. The van der Waals surface area contributed by atoms with Crippen molar-refractivity contribution in [3.8, 4) is 10.6 Å². The molecule has 0 bridgehead atoms. The maximum absolute atomic E-state index is 13.5. The van der Waals surface area contributed by atoms with E-state index in [1.165, 1.54) is 16.5 Å². The van der Waals surface area contributed by atoms with Crippen LogP contribution >= 0.6 is 22.7 Å². The van der Waals surface area contributed by atoms with E-state index in [0.29, 0.717) is 24.6 Å². The van der Waals surface area contributed by atoms with Crippen molar-refractivity contribution in [2.24, 2.45) is 5.92 Å². The summed E-state index contributed by atoms with van der Waals surface area (Å²) >= 11 is 3.28. The second-order valence-electron chi connectivity index (χ2n) is 10.3. The molecule has 0 spiro atoms. The molecule has 1 N–H and O–H groups in total. The Kier molecular flexibility index (Phi) is 7.11. The van der Waals surface area contributed by atoms with Crippen molar-refractivity contribution in [3.63, 3.8) is 0 Å². The molecule has 1 fully saturated rings. The first-order valence-corrected chi connectivity index (χ1v) is 16.4. The van der Waals surface area contributed by atoms with E-state index in [1.807, 2.05) is 18.2 Å². The van der Waals surface area contributed by atoms with Gasteiger partial charge in [-0.2, -0.15) is 4.31 Å². The molecule has 4 aromatic rings. The molecule has 1 unspecified atom stereocenters. The number of fused-ring (bicyclic) bond motifs is 2. The number of sulfonamides is 1. The Hall–Kier alpha value is -2.59. The number of nitrogens with one attached hydrogen (secondary N) is 1. The molecule has 198 valence electrons. The summed E-state index contributed by atoms with van der Waals surface area (Å²) in [6.45, 7) is 3.33. The van der Waals surface area contributed by atoms with E-state index < -0.39 is 10.0 Å². The smallest absolute Gasteiger partial charge is 0.256 e. The average Bonchev–Trinajstić information content (AvgIpc) is 3.36. The van der Waals surface area contributed by atoms with Gasteiger partial charge in [0.1, 0.15) is 10.0 Å². The lowest BCUT2D eigenvalue weighted by molar-refractivity contribution is 0.102. The van der Waals surface area contributed by atoms with E-state index in [-0.39, 0.29) is 10.8 Å². The molecular weight excluding hydrogens is 535 g/mol. The van der Waals surface area contributed by atoms with Crippen molar-refractivity contribution in [1.29, 1.82) is 0 Å². The van der Waals surface area contributed by atoms with Crippen LogP contribution in [0.5, 0.6) is 0 Å². The van der Waals surface area contributed by atoms with Crippen LogP contribution in [0.3, 0.4) is 0 Å². The summed E-state index contributed by atoms with van der Waals surface area (Å²) in [5, 5.41) is 4.87. The topological polar surface area (TPSA) is 79.4 Å². The van der Waals surface area contributed by atoms with Crippen LogP contribution in [0.2, 0.25) is 0 Å². The molecule has 1 atom stereocenters. The minimum Gasteiger partial charge on any atom is -0.313 e. The highest BCUT2D eigenvalue weighted by atomic mass is 32.2. The van der Waals surface area contributed by atoms with Gasteiger partial charge in [0.15, 0.2) is 0 Å². The normalized spacial score (nSPS) is 18.7. The van der Waals surface area contributed by atoms with Gasteiger partial charge in [-0.25, -0.2) is 13.4 Å². The van der Waals surface area contributed by atoms with Gasteiger partial charge in [0.05, 0.1) is 15.1 Å². The number of benzene rings is 2. The Labute approximate surface area is 231 Å². The van der Waals surface area contributed by atoms with E-state index in [2.05, 4.69) is 18.3 Å². The van der Waals surface area contributed by atoms with Crippen molar-refractivity contribution in [1.82, 2.24) is 9.29 Å². The SMILES string of the molecule is CC1CCc2c(sc(NC(=O)c3cccc(S(=O)(=O)N4CCCCCC4)c3)c2-c2nc3ccccc3s2)C1. The summed E-state index contributed by atoms with van der Waals surface area (Å²) in [6, 6.07) is 14.6. The second-order valence-corrected chi connectivity index (χ2v) is 14.4. The highest BCUT2D eigenvalue weighted by molar-refractivity contribution is 7.89. The average molecular weight is 566 g/mol. The molecule has 6 nitrogen and oxygen atoms in total. The third-order valence-corrected chi connectivity index (χ3v) is 11.7. The molecule has 1 aliphatic carbocycles. The van der Waals surface area contributed by atoms with Crippen molar-refractivity contribution < 1.29 is 13.2 Å². The van der Waals surface area contributed by atoms with Gasteiger partial charge in [0.25, 0.3) is 5.91 Å². The third-order valence-electron chi connectivity index (χ3n) is 7.55. The molecule has 6 rings (SSSR count). The van der Waals surface area contributed by atoms with Crippen molar-refractivity contribution in [3.05, 3.63) is 64.5 Å². The Morgan fingerprint density at radius 1 is 1.03 bits per heavy atom. The van der Waals surface area contributed by atoms with Gasteiger partial charge in [0.2, 0.25) is 10.0 Å². The lowest BCUT2D eigenvalue weighted by Crippen LogP contribution is -2.32. The predicted molar refractivity (Wildman–Crippen MR) is 156 cm³/mol. The highest BCUT2D eigenvalue weighted by Crippen LogP contribution is 2.47. The fraction of sp³-hybridized carbons (Fsp3) is 0.379. The molecule has 1 amide bonds. The summed E-state index contributed by atoms with van der Waals surface area (Å²) in [5.74, 6) is 0.306. The number of hydrogen-bond acceptors (Lipinski definition) is 6. The quantitative estimate of drug-likeness (QED) is 0.284. The summed E-state index contributed by atoms with van der Waals surface area (Å²) in [5.41, 5.74) is 3.62. The number of nitrogens with zero attached hydrogens (tertiary/aromatic N) is 2. The fourth-order valence-electron chi connectivity index (χ4n) is 5.45. The van der Waals surface area contributed by atoms with Crippen molar-refractivity contribution in [2.75, 3.05) is 18.4 Å². The first-order valence-electron chi connectivity index (χ1n) is 13.3. The van der Waals surface area contributed by atoms with Crippen LogP contribution in [0.4, 0.5) is 5.00 Å². The molecule has 38 heavy (non-hydrogen) atoms. The largest absolute Gasteiger partial charge is 0.313 e. The first-order chi connectivity index (χ1) is 18.4. The van der Waals surface area contributed by atoms with Crippen molar-refractivity contribution in [2.45, 2.75) is 56.8 Å². The first kappa shape index (κ1) is 25.7. The van der Waals surface area contributed by atoms with Gasteiger partial charge >= 0.3 is 0 Å². The number of hydrogen-bond donors (Lipinski definition) is 1. The minimum absolute atomic E-state index is 0.178. The molecule has 2 aliphatic rings. The van der Waals surface area contributed by atoms with Gasteiger partial charge < -0.3 is 5.32 Å². The third kappa shape index (κ3) is 4.93. The number of carbonyl (C=O) groups excluding carboxylic acids is 1. The molecular formula is C29H31N3O3S3. The number of anilines is 1. The zero-order valence-corrected chi connectivity index (χ0v) is 23.9. The van der Waals surface area contributed by atoms with E-state index in [9.17, 15) is 13.2 Å². The second kappa shape index (κ2) is 10.5. The highest BCUT2D eigenvalue weighted by Gasteiger charge is 2.29. The zero-order chi connectivity index (χ0) is 26.3. The molecule has 2 aromatic heterocycles. The number of para-hydroxylation sites is 1. The molecule has 0 saturated carbocycles. The molecule has 1 aliphatic heterocycles. The van der Waals surface area contributed by atoms with Crippen LogP contribution in [0.1, 0.15) is 59.8 Å². The van der Waals surface area contributed by atoms with E-state index >= 15 is 0 Å². The number of thiophene rings is 1. The van der Waals surface area contributed by atoms with Gasteiger partial charge in [-0.3, -0.25) is 4.79 Å². The molecule has 0 radical (unpaired) electrons. The van der Waals surface area contributed by atoms with Crippen LogP contribution in [0.25, 0.3) is 20.8 Å². The maximum atomic E-state index is 13.5. The standard InChI is InChI=1S/C29H31N3O3S3/c1-19-13-14-22-25(17-19)37-29(26(22)28-30-23-11-4-5-12-24(23)36-28)31-27(33)20-9-8-10-21(18-20)38(34,35)32-15-6-2-3-7-16-32/h4-5,8-12,18-19H,2-3,6-7,13-17H2,1H3,(H,31,33). The number of rotatable bonds is 5. The number of carbonyl (C=O) groups is 1. The number of aromatic nitrogens is 1. The van der Waals surface area contributed by atoms with Crippen LogP contribution in [-0.4, -0.2) is 36.7 Å². The van der Waals surface area contributed by atoms with Crippen LogP contribution in [0.15, 0.2) is 53.4 Å². The lowest BCUT2D eigenvalue weighted by Gasteiger charge is -2.20. The summed E-state index contributed by atoms with van der Waals surface area (Å²) in [4.78, 5) is 19.9. The summed E-state index contributed by atoms with van der Waals surface area (Å²) < 4.78 is 29.4. The molecule has 2 aromatic carbocycles. The Bertz CT molecular complexity index is 1560. The molecule has 3 heterocycles. The van der Waals surface area contributed by atoms with Gasteiger partial charge in [-0.1, -0.05) is 38.0 Å². The fourth-order valence-corrected chi connectivity index (χ4v) is 9.53. The monoisotopic (exact) mass is 565 g/mol. The van der Waals surface area contributed by atoms with E-state index in [4.69, 9.17) is 4.98 Å². The van der Waals surface area contributed by atoms with Crippen molar-refractivity contribution >= 4 is 53.8 Å². The van der Waals surface area contributed by atoms with Crippen LogP contribution < -0.4 is 5.32 Å². The zero-order valence-electron chi connectivity index (χ0n) is 21.4. The van der Waals surface area contributed by atoms with Gasteiger partial charge in [-0.05, 0) is 73.9 Å². The predicted octanol–water partition coefficient (Wildman–Crippen LogP) is 6.97.